The normalized spacial score (nSPS) is 16.1. The maximum Gasteiger partial charge on any atom is 0.345 e. The van der Waals surface area contributed by atoms with Gasteiger partial charge in [0.2, 0.25) is 0 Å². The number of rotatable bonds is 6. The molecule has 0 atom stereocenters. The summed E-state index contributed by atoms with van der Waals surface area (Å²) in [6, 6.07) is 4.11. The largest absolute Gasteiger partial charge is 0.492 e. The fraction of sp³-hybridized carbons (Fsp3) is 0.533. The molecule has 8 nitrogen and oxygen atoms in total. The second kappa shape index (κ2) is 7.89. The highest BCUT2D eigenvalue weighted by Gasteiger charge is 2.22. The van der Waals surface area contributed by atoms with Crippen LogP contribution < -0.4 is 4.74 Å². The highest BCUT2D eigenvalue weighted by atomic mass is 16.6. The van der Waals surface area contributed by atoms with Crippen LogP contribution in [0.25, 0.3) is 0 Å². The van der Waals surface area contributed by atoms with Gasteiger partial charge in [-0.15, -0.1) is 0 Å². The molecule has 2 rings (SSSR count). The number of piperazine rings is 1. The Bertz CT molecular complexity index is 570. The van der Waals surface area contributed by atoms with Crippen LogP contribution >= 0.6 is 0 Å². The lowest BCUT2D eigenvalue weighted by atomic mass is 10.1. The molecule has 23 heavy (non-hydrogen) atoms. The van der Waals surface area contributed by atoms with E-state index in [1.54, 1.807) is 0 Å². The van der Waals surface area contributed by atoms with Gasteiger partial charge in [-0.3, -0.25) is 15.0 Å². The molecule has 0 radical (unpaired) electrons. The Morgan fingerprint density at radius 1 is 1.30 bits per heavy atom. The van der Waals surface area contributed by atoms with Crippen molar-refractivity contribution >= 4 is 11.7 Å². The van der Waals surface area contributed by atoms with E-state index in [1.807, 2.05) is 0 Å². The molecule has 1 saturated heterocycles. The van der Waals surface area contributed by atoms with E-state index in [2.05, 4.69) is 21.6 Å². The van der Waals surface area contributed by atoms with Gasteiger partial charge in [0.25, 0.3) is 5.69 Å². The molecule has 0 spiro atoms. The summed E-state index contributed by atoms with van der Waals surface area (Å²) in [6.45, 7) is 5.29. The lowest BCUT2D eigenvalue weighted by molar-refractivity contribution is -0.385. The fourth-order valence-electron chi connectivity index (χ4n) is 2.40. The van der Waals surface area contributed by atoms with E-state index in [0.717, 1.165) is 32.7 Å². The van der Waals surface area contributed by atoms with E-state index in [0.29, 0.717) is 12.4 Å². The van der Waals surface area contributed by atoms with E-state index < -0.39 is 10.9 Å². The van der Waals surface area contributed by atoms with Crippen LogP contribution in [0.15, 0.2) is 18.2 Å². The monoisotopic (exact) mass is 323 g/mol. The van der Waals surface area contributed by atoms with Gasteiger partial charge in [0.15, 0.2) is 0 Å². The summed E-state index contributed by atoms with van der Waals surface area (Å²) in [5.41, 5.74) is -0.391. The minimum atomic E-state index is -0.749. The van der Waals surface area contributed by atoms with Crippen LogP contribution in [0, 0.1) is 10.1 Å². The summed E-state index contributed by atoms with van der Waals surface area (Å²) in [4.78, 5) is 26.6. The van der Waals surface area contributed by atoms with Gasteiger partial charge < -0.3 is 14.4 Å². The third-order valence-electron chi connectivity index (χ3n) is 3.84. The van der Waals surface area contributed by atoms with Gasteiger partial charge in [0.1, 0.15) is 17.9 Å². The van der Waals surface area contributed by atoms with E-state index in [-0.39, 0.29) is 11.3 Å². The van der Waals surface area contributed by atoms with Crippen LogP contribution in [0.1, 0.15) is 10.4 Å². The average Bonchev–Trinajstić information content (AvgIpc) is 2.55. The van der Waals surface area contributed by atoms with Gasteiger partial charge in [-0.2, -0.15) is 0 Å². The second-order valence-electron chi connectivity index (χ2n) is 5.42. The zero-order valence-corrected chi connectivity index (χ0v) is 13.4. The third kappa shape index (κ3) is 4.64. The predicted molar refractivity (Wildman–Crippen MR) is 83.9 cm³/mol. The topological polar surface area (TPSA) is 85.2 Å². The number of likely N-dealkylation sites (N-methyl/N-ethyl adjacent to an activating group) is 1. The van der Waals surface area contributed by atoms with Crippen LogP contribution in [0.2, 0.25) is 0 Å². The fourth-order valence-corrected chi connectivity index (χ4v) is 2.40. The lowest BCUT2D eigenvalue weighted by Gasteiger charge is -2.32. The van der Waals surface area contributed by atoms with Gasteiger partial charge in [-0.25, -0.2) is 4.79 Å². The third-order valence-corrected chi connectivity index (χ3v) is 3.84. The zero-order valence-electron chi connectivity index (χ0n) is 13.4. The standard InChI is InChI=1S/C15H21N3O5/c1-16-5-7-17(8-6-16)9-10-23-12-3-4-14(18(20)21)13(11-12)15(19)22-2/h3-4,11H,5-10H2,1-2H3. The molecule has 0 unspecified atom stereocenters. The van der Waals surface area contributed by atoms with Crippen molar-refractivity contribution in [3.05, 3.63) is 33.9 Å². The first-order valence-corrected chi connectivity index (χ1v) is 7.41. The number of hydrogen-bond donors (Lipinski definition) is 0. The van der Waals surface area contributed by atoms with E-state index in [9.17, 15) is 14.9 Å². The molecular formula is C15H21N3O5. The first-order valence-electron chi connectivity index (χ1n) is 7.41. The minimum absolute atomic E-state index is 0.102. The first kappa shape index (κ1) is 17.2. The summed E-state index contributed by atoms with van der Waals surface area (Å²) in [5, 5.41) is 10.9. The van der Waals surface area contributed by atoms with E-state index in [4.69, 9.17) is 4.74 Å². The van der Waals surface area contributed by atoms with Crippen molar-refractivity contribution in [3.8, 4) is 5.75 Å². The van der Waals surface area contributed by atoms with Crippen LogP contribution in [-0.2, 0) is 4.74 Å². The van der Waals surface area contributed by atoms with Crippen molar-refractivity contribution in [1.82, 2.24) is 9.80 Å². The molecule has 126 valence electrons. The molecule has 0 N–H and O–H groups in total. The van der Waals surface area contributed by atoms with Crippen LogP contribution in [-0.4, -0.2) is 74.2 Å². The Hall–Kier alpha value is -2.19. The Kier molecular flexibility index (Phi) is 5.89. The van der Waals surface area contributed by atoms with E-state index in [1.165, 1.54) is 25.3 Å². The molecule has 0 amide bonds. The van der Waals surface area contributed by atoms with Crippen molar-refractivity contribution in [2.24, 2.45) is 0 Å². The molecule has 8 heteroatoms. The summed E-state index contributed by atoms with van der Waals surface area (Å²) in [6.07, 6.45) is 0. The highest BCUT2D eigenvalue weighted by molar-refractivity contribution is 5.94. The number of methoxy groups -OCH3 is 1. The predicted octanol–water partition coefficient (Wildman–Crippen LogP) is 1.01. The number of benzene rings is 1. The number of nitro benzene ring substituents is 1. The smallest absolute Gasteiger partial charge is 0.345 e. The quantitative estimate of drug-likeness (QED) is 0.439. The van der Waals surface area contributed by atoms with Gasteiger partial charge in [0, 0.05) is 44.9 Å². The second-order valence-corrected chi connectivity index (χ2v) is 5.42. The summed E-state index contributed by atoms with van der Waals surface area (Å²) >= 11 is 0. The zero-order chi connectivity index (χ0) is 16.8. The van der Waals surface area contributed by atoms with Crippen molar-refractivity contribution in [2.75, 3.05) is 53.5 Å². The first-order chi connectivity index (χ1) is 11.0. The number of hydrogen-bond acceptors (Lipinski definition) is 7. The Balaban J connectivity index is 1.95. The molecule has 0 aliphatic carbocycles. The van der Waals surface area contributed by atoms with Crippen molar-refractivity contribution in [2.45, 2.75) is 0 Å². The van der Waals surface area contributed by atoms with Crippen LogP contribution in [0.3, 0.4) is 0 Å². The van der Waals surface area contributed by atoms with Gasteiger partial charge in [-0.05, 0) is 13.1 Å². The molecule has 0 aromatic heterocycles. The molecule has 1 aliphatic heterocycles. The minimum Gasteiger partial charge on any atom is -0.492 e. The molecule has 1 aromatic rings. The number of nitrogens with zero attached hydrogens (tertiary/aromatic N) is 3. The SMILES string of the molecule is COC(=O)c1cc(OCCN2CCN(C)CC2)ccc1[N+](=O)[O-]. The van der Waals surface area contributed by atoms with E-state index >= 15 is 0 Å². The van der Waals surface area contributed by atoms with Gasteiger partial charge in [-0.1, -0.05) is 0 Å². The van der Waals surface area contributed by atoms with Crippen molar-refractivity contribution in [1.29, 1.82) is 0 Å². The molecule has 0 bridgehead atoms. The molecule has 1 aromatic carbocycles. The Morgan fingerprint density at radius 2 is 2.00 bits per heavy atom. The average molecular weight is 323 g/mol. The molecule has 1 heterocycles. The summed E-state index contributed by atoms with van der Waals surface area (Å²) in [7, 11) is 3.28. The number of carbonyl (C=O) groups excluding carboxylic acids is 1. The van der Waals surface area contributed by atoms with Crippen LogP contribution in [0.4, 0.5) is 5.69 Å². The molecule has 1 aliphatic rings. The maximum atomic E-state index is 11.6. The molecular weight excluding hydrogens is 302 g/mol. The Labute approximate surface area is 134 Å². The van der Waals surface area contributed by atoms with Crippen molar-refractivity contribution < 1.29 is 19.2 Å². The van der Waals surface area contributed by atoms with Crippen LogP contribution in [0.5, 0.6) is 5.75 Å². The maximum absolute atomic E-state index is 11.6. The Morgan fingerprint density at radius 3 is 2.61 bits per heavy atom. The number of ether oxygens (including phenoxy) is 2. The highest BCUT2D eigenvalue weighted by Crippen LogP contribution is 2.24. The van der Waals surface area contributed by atoms with Gasteiger partial charge in [0.05, 0.1) is 12.0 Å². The number of nitro groups is 1. The molecule has 0 saturated carbocycles. The van der Waals surface area contributed by atoms with Crippen molar-refractivity contribution in [3.63, 3.8) is 0 Å². The van der Waals surface area contributed by atoms with Gasteiger partial charge >= 0.3 is 5.97 Å². The summed E-state index contributed by atoms with van der Waals surface area (Å²) in [5.74, 6) is -0.327. The number of esters is 1. The lowest BCUT2D eigenvalue weighted by Crippen LogP contribution is -2.45. The molecule has 1 fully saturated rings. The summed E-state index contributed by atoms with van der Waals surface area (Å²) < 4.78 is 10.2. The number of carbonyl (C=O) groups is 1.